The van der Waals surface area contributed by atoms with Crippen LogP contribution in [0.25, 0.3) is 10.2 Å². The summed E-state index contributed by atoms with van der Waals surface area (Å²) >= 11 is 1.60. The van der Waals surface area contributed by atoms with Gasteiger partial charge in [-0.3, -0.25) is 4.98 Å². The number of aromatic nitrogens is 2. The van der Waals surface area contributed by atoms with E-state index < -0.39 is 0 Å². The van der Waals surface area contributed by atoms with E-state index in [9.17, 15) is 5.11 Å². The molecule has 3 nitrogen and oxygen atoms in total. The molecule has 0 unspecified atom stereocenters. The van der Waals surface area contributed by atoms with Gasteiger partial charge in [-0.25, -0.2) is 4.98 Å². The van der Waals surface area contributed by atoms with Crippen molar-refractivity contribution in [3.05, 3.63) is 53.3 Å². The molecule has 1 N–H and O–H groups in total. The molecule has 0 bridgehead atoms. The second kappa shape index (κ2) is 4.14. The summed E-state index contributed by atoms with van der Waals surface area (Å²) in [7, 11) is 0. The fraction of sp³-hybridized carbons (Fsp3) is 0.0769. The Morgan fingerprint density at radius 3 is 2.94 bits per heavy atom. The molecule has 1 aromatic carbocycles. The van der Waals surface area contributed by atoms with Crippen LogP contribution >= 0.6 is 11.3 Å². The van der Waals surface area contributed by atoms with E-state index in [2.05, 4.69) is 9.97 Å². The van der Waals surface area contributed by atoms with Gasteiger partial charge >= 0.3 is 0 Å². The molecular formula is C13H10N2OS. The number of phenols is 1. The predicted octanol–water partition coefficient (Wildman–Crippen LogP) is 2.99. The van der Waals surface area contributed by atoms with Gasteiger partial charge in [0.05, 0.1) is 15.2 Å². The maximum Gasteiger partial charge on any atom is 0.117 e. The van der Waals surface area contributed by atoms with E-state index >= 15 is 0 Å². The number of pyridine rings is 1. The van der Waals surface area contributed by atoms with Crippen LogP contribution in [-0.4, -0.2) is 15.1 Å². The fourth-order valence-electron chi connectivity index (χ4n) is 1.69. The number of aromatic hydroxyl groups is 1. The highest BCUT2D eigenvalue weighted by atomic mass is 32.1. The summed E-state index contributed by atoms with van der Waals surface area (Å²) in [6.45, 7) is 0. The molecule has 0 aliphatic heterocycles. The Morgan fingerprint density at radius 2 is 2.12 bits per heavy atom. The molecule has 0 saturated heterocycles. The Hall–Kier alpha value is -1.94. The van der Waals surface area contributed by atoms with Gasteiger partial charge in [-0.15, -0.1) is 11.3 Å². The maximum absolute atomic E-state index is 9.40. The van der Waals surface area contributed by atoms with Crippen molar-refractivity contribution in [1.29, 1.82) is 0 Å². The molecule has 3 aromatic rings. The van der Waals surface area contributed by atoms with Crippen molar-refractivity contribution in [2.45, 2.75) is 6.42 Å². The molecule has 0 spiro atoms. The lowest BCUT2D eigenvalue weighted by Gasteiger charge is -1.94. The zero-order valence-corrected chi connectivity index (χ0v) is 9.81. The van der Waals surface area contributed by atoms with E-state index in [0.717, 1.165) is 27.3 Å². The van der Waals surface area contributed by atoms with Crippen LogP contribution in [0, 0.1) is 0 Å². The highest BCUT2D eigenvalue weighted by molar-refractivity contribution is 7.18. The Bertz CT molecular complexity index is 649. The number of fused-ring (bicyclic) bond motifs is 1. The zero-order chi connectivity index (χ0) is 11.7. The third-order valence-electron chi connectivity index (χ3n) is 2.47. The van der Waals surface area contributed by atoms with E-state index in [1.54, 1.807) is 29.7 Å². The van der Waals surface area contributed by atoms with Crippen LogP contribution in [0.3, 0.4) is 0 Å². The molecule has 17 heavy (non-hydrogen) atoms. The minimum absolute atomic E-state index is 0.283. The van der Waals surface area contributed by atoms with Crippen molar-refractivity contribution in [1.82, 2.24) is 9.97 Å². The van der Waals surface area contributed by atoms with Gasteiger partial charge in [-0.05, 0) is 30.3 Å². The van der Waals surface area contributed by atoms with Gasteiger partial charge in [0.15, 0.2) is 0 Å². The summed E-state index contributed by atoms with van der Waals surface area (Å²) in [4.78, 5) is 8.80. The fourth-order valence-corrected chi connectivity index (χ4v) is 2.71. The largest absolute Gasteiger partial charge is 0.508 e. The van der Waals surface area contributed by atoms with Crippen molar-refractivity contribution in [2.75, 3.05) is 0 Å². The highest BCUT2D eigenvalue weighted by Gasteiger charge is 2.05. The van der Waals surface area contributed by atoms with Crippen molar-refractivity contribution in [3.8, 4) is 5.75 Å². The van der Waals surface area contributed by atoms with Crippen molar-refractivity contribution >= 4 is 21.6 Å². The average molecular weight is 242 g/mol. The van der Waals surface area contributed by atoms with Crippen molar-refractivity contribution in [3.63, 3.8) is 0 Å². The monoisotopic (exact) mass is 242 g/mol. The van der Waals surface area contributed by atoms with E-state index in [0.29, 0.717) is 0 Å². The topological polar surface area (TPSA) is 46.0 Å². The van der Waals surface area contributed by atoms with Gasteiger partial charge in [0.25, 0.3) is 0 Å². The van der Waals surface area contributed by atoms with Gasteiger partial charge in [0.1, 0.15) is 5.75 Å². The SMILES string of the molecule is Oc1ccc2nc(Cc3ccccn3)sc2c1. The molecule has 0 aliphatic carbocycles. The first-order valence-electron chi connectivity index (χ1n) is 5.29. The molecule has 3 rings (SSSR count). The summed E-state index contributed by atoms with van der Waals surface area (Å²) in [6, 6.07) is 11.1. The lowest BCUT2D eigenvalue weighted by atomic mass is 10.3. The average Bonchev–Trinajstić information content (AvgIpc) is 2.71. The molecule has 0 saturated carbocycles. The van der Waals surface area contributed by atoms with Crippen molar-refractivity contribution < 1.29 is 5.11 Å². The molecule has 0 atom stereocenters. The summed E-state index contributed by atoms with van der Waals surface area (Å²) in [5.41, 5.74) is 1.94. The lowest BCUT2D eigenvalue weighted by molar-refractivity contribution is 0.476. The predicted molar refractivity (Wildman–Crippen MR) is 68.3 cm³/mol. The van der Waals surface area contributed by atoms with Crippen LogP contribution in [0.5, 0.6) is 5.75 Å². The minimum atomic E-state index is 0.283. The molecule has 2 heterocycles. The number of hydrogen-bond acceptors (Lipinski definition) is 4. The van der Waals surface area contributed by atoms with Crippen LogP contribution < -0.4 is 0 Å². The van der Waals surface area contributed by atoms with Crippen LogP contribution in [0.4, 0.5) is 0 Å². The number of benzene rings is 1. The van der Waals surface area contributed by atoms with Gasteiger partial charge in [0, 0.05) is 18.3 Å². The molecule has 0 fully saturated rings. The first-order valence-corrected chi connectivity index (χ1v) is 6.11. The zero-order valence-electron chi connectivity index (χ0n) is 9.00. The van der Waals surface area contributed by atoms with E-state index in [1.165, 1.54) is 0 Å². The number of rotatable bonds is 2. The summed E-state index contributed by atoms with van der Waals surface area (Å²) in [5.74, 6) is 0.283. The Kier molecular flexibility index (Phi) is 2.49. The maximum atomic E-state index is 9.40. The quantitative estimate of drug-likeness (QED) is 0.751. The number of hydrogen-bond donors (Lipinski definition) is 1. The van der Waals surface area contributed by atoms with Gasteiger partial charge in [-0.1, -0.05) is 6.07 Å². The third-order valence-corrected chi connectivity index (χ3v) is 3.49. The second-order valence-electron chi connectivity index (χ2n) is 3.76. The molecule has 2 aromatic heterocycles. The number of nitrogens with zero attached hydrogens (tertiary/aromatic N) is 2. The molecule has 84 valence electrons. The van der Waals surface area contributed by atoms with Gasteiger partial charge in [0.2, 0.25) is 0 Å². The molecule has 0 radical (unpaired) electrons. The van der Waals surface area contributed by atoms with Crippen LogP contribution in [-0.2, 0) is 6.42 Å². The summed E-state index contributed by atoms with van der Waals surface area (Å²) < 4.78 is 1.01. The Labute approximate surface area is 102 Å². The second-order valence-corrected chi connectivity index (χ2v) is 4.87. The standard InChI is InChI=1S/C13H10N2OS/c16-10-4-5-11-12(8-10)17-13(15-11)7-9-3-1-2-6-14-9/h1-6,8,16H,7H2. The normalized spacial score (nSPS) is 10.8. The van der Waals surface area contributed by atoms with Crippen LogP contribution in [0.1, 0.15) is 10.7 Å². The Balaban J connectivity index is 1.96. The first-order chi connectivity index (χ1) is 8.31. The number of thiazole rings is 1. The van der Waals surface area contributed by atoms with Crippen LogP contribution in [0.15, 0.2) is 42.6 Å². The van der Waals surface area contributed by atoms with Gasteiger partial charge in [-0.2, -0.15) is 0 Å². The molecule has 0 aliphatic rings. The molecule has 0 amide bonds. The summed E-state index contributed by atoms with van der Waals surface area (Å²) in [6.07, 6.45) is 2.52. The first kappa shape index (κ1) is 10.2. The van der Waals surface area contributed by atoms with Crippen LogP contribution in [0.2, 0.25) is 0 Å². The third kappa shape index (κ3) is 2.12. The smallest absolute Gasteiger partial charge is 0.117 e. The van der Waals surface area contributed by atoms with Crippen molar-refractivity contribution in [2.24, 2.45) is 0 Å². The van der Waals surface area contributed by atoms with Gasteiger partial charge < -0.3 is 5.11 Å². The summed E-state index contributed by atoms with van der Waals surface area (Å²) in [5, 5.41) is 10.4. The van der Waals surface area contributed by atoms with E-state index in [4.69, 9.17) is 0 Å². The minimum Gasteiger partial charge on any atom is -0.508 e. The number of phenolic OH excluding ortho intramolecular Hbond substituents is 1. The van der Waals surface area contributed by atoms with E-state index in [1.807, 2.05) is 24.3 Å². The van der Waals surface area contributed by atoms with E-state index in [-0.39, 0.29) is 5.75 Å². The Morgan fingerprint density at radius 1 is 1.18 bits per heavy atom. The molecular weight excluding hydrogens is 232 g/mol. The molecule has 4 heteroatoms. The lowest BCUT2D eigenvalue weighted by Crippen LogP contribution is -1.89. The highest BCUT2D eigenvalue weighted by Crippen LogP contribution is 2.26.